The third kappa shape index (κ3) is 22.1. The fourth-order valence-corrected chi connectivity index (χ4v) is 5.13. The topological polar surface area (TPSA) is 218 Å². The summed E-state index contributed by atoms with van der Waals surface area (Å²) >= 11 is 3.29. The van der Waals surface area contributed by atoms with Crippen molar-refractivity contribution in [3.8, 4) is 17.2 Å². The number of phenolic OH excluding ortho intramolecular Hbond substituents is 1. The van der Waals surface area contributed by atoms with E-state index in [1.54, 1.807) is 39.8 Å². The molecule has 1 heterocycles. The smallest absolute Gasteiger partial charge is 0.344 e. The normalized spacial score (nSPS) is 10.8. The Morgan fingerprint density at radius 2 is 1.01 bits per heavy atom. The number of esters is 3. The van der Waals surface area contributed by atoms with Crippen molar-refractivity contribution in [2.24, 2.45) is 0 Å². The molecule has 0 aliphatic heterocycles. The average Bonchev–Trinajstić information content (AvgIpc) is 3.76. The molecule has 1 aromatic heterocycles. The van der Waals surface area contributed by atoms with Gasteiger partial charge in [0.15, 0.2) is 5.58 Å². The van der Waals surface area contributed by atoms with E-state index in [0.29, 0.717) is 18.1 Å². The maximum absolute atomic E-state index is 13.7. The lowest BCUT2D eigenvalue weighted by Crippen LogP contribution is -2.19. The van der Waals surface area contributed by atoms with Crippen molar-refractivity contribution in [1.82, 2.24) is 0 Å². The van der Waals surface area contributed by atoms with Gasteiger partial charge < -0.3 is 53.3 Å². The number of carboxylic acids is 1. The molecule has 0 bridgehead atoms. The number of aliphatic hydroxyl groups is 1. The van der Waals surface area contributed by atoms with E-state index < -0.39 is 69.8 Å². The minimum absolute atomic E-state index is 0.136. The van der Waals surface area contributed by atoms with Gasteiger partial charge in [-0.15, -0.1) is 0 Å². The first kappa shape index (κ1) is 61.8. The van der Waals surface area contributed by atoms with Crippen LogP contribution in [0.1, 0.15) is 96.8 Å². The fraction of sp³-hybridized carbons (Fsp3) is 0.375. The van der Waals surface area contributed by atoms with Gasteiger partial charge in [-0.05, 0) is 110 Å². The maximum atomic E-state index is 13.7. The Kier molecular flexibility index (Phi) is 31.8. The van der Waals surface area contributed by atoms with E-state index in [0.717, 1.165) is 30.1 Å². The van der Waals surface area contributed by atoms with Gasteiger partial charge in [-0.2, -0.15) is 0 Å². The summed E-state index contributed by atoms with van der Waals surface area (Å²) in [5.41, 5.74) is -1.18. The maximum Gasteiger partial charge on any atom is 0.344 e. The van der Waals surface area contributed by atoms with E-state index in [2.05, 4.69) is 20.7 Å². The monoisotopic (exact) mass is 1030 g/mol. The van der Waals surface area contributed by atoms with Gasteiger partial charge >= 0.3 is 23.9 Å². The number of alkyl halides is 1. The number of rotatable bonds is 15. The quantitative estimate of drug-likeness (QED) is 0.0332. The van der Waals surface area contributed by atoms with Crippen LogP contribution in [-0.4, -0.2) is 108 Å². The van der Waals surface area contributed by atoms with Crippen molar-refractivity contribution in [2.45, 2.75) is 67.6 Å². The number of ether oxygens (including phenoxy) is 6. The predicted molar refractivity (Wildman–Crippen MR) is 248 cm³/mol. The highest BCUT2D eigenvalue weighted by atomic mass is 79.9. The number of benzene rings is 4. The third-order valence-corrected chi connectivity index (χ3v) is 8.69. The number of aromatic hydroxyl groups is 2. The molecule has 4 aromatic carbocycles. The van der Waals surface area contributed by atoms with Gasteiger partial charge in [0.1, 0.15) is 69.4 Å². The number of aromatic carboxylic acids is 1. The standard InChI is InChI=1S/C14H19FO4.C11H9FO3.C9H9FO3.C7H5FO3.C5H11BrO.C2H6O/c1-4-17-10(3)9-19-12-8-6-7-11(15)13(12)14(16)18-5-2;1-2-14-11(13)9-8(12)4-3-7-5-6-15-10(7)9;1-2-13-9(12)8-6(10)4-3-5-7(8)11;8-4-2-1-3-5(9)6(4)7(10)11;1-3-7-5(2)4-6;1-2-3/h6-8,10H,4-5,9H2,1-3H3;3-6H,2H2,1H3;3-5,11H,2H2,1H3;1-3,9H,(H,10,11);5H,3-4H2,1-2H3;3H,2H2,1H3. The number of aliphatic hydroxyl groups excluding tert-OH is 1. The number of halogens is 5. The molecule has 0 amide bonds. The lowest BCUT2D eigenvalue weighted by atomic mass is 10.1. The van der Waals surface area contributed by atoms with E-state index in [4.69, 9.17) is 48.5 Å². The first-order valence-corrected chi connectivity index (χ1v) is 22.1. The Hall–Kier alpha value is -6.22. The zero-order chi connectivity index (χ0) is 51.8. The van der Waals surface area contributed by atoms with Crippen LogP contribution in [0.4, 0.5) is 17.6 Å². The van der Waals surface area contributed by atoms with E-state index in [1.807, 2.05) is 27.7 Å². The first-order chi connectivity index (χ1) is 32.3. The molecule has 0 saturated carbocycles. The number of carboxylic acid groups (broad SMARTS) is 1. The van der Waals surface area contributed by atoms with E-state index in [-0.39, 0.29) is 61.6 Å². The molecule has 68 heavy (non-hydrogen) atoms. The molecular formula is C48H59BrF4O15. The Labute approximate surface area is 400 Å². The van der Waals surface area contributed by atoms with Crippen molar-refractivity contribution < 1.29 is 90.0 Å². The van der Waals surface area contributed by atoms with Crippen LogP contribution < -0.4 is 4.74 Å². The second-order valence-electron chi connectivity index (χ2n) is 12.9. The Balaban J connectivity index is 0.000000836. The molecule has 2 unspecified atom stereocenters. The number of furan rings is 1. The molecule has 0 spiro atoms. The van der Waals surface area contributed by atoms with Gasteiger partial charge in [-0.25, -0.2) is 36.7 Å². The van der Waals surface area contributed by atoms with Crippen molar-refractivity contribution in [2.75, 3.05) is 51.6 Å². The number of fused-ring (bicyclic) bond motifs is 1. The Morgan fingerprint density at radius 1 is 0.588 bits per heavy atom. The minimum atomic E-state index is -1.47. The van der Waals surface area contributed by atoms with Crippen LogP contribution in [0, 0.1) is 23.3 Å². The number of hydrogen-bond acceptors (Lipinski definition) is 14. The molecule has 0 fully saturated rings. The fourth-order valence-electron chi connectivity index (χ4n) is 4.94. The summed E-state index contributed by atoms with van der Waals surface area (Å²) in [6, 6.07) is 15.6. The predicted octanol–water partition coefficient (Wildman–Crippen LogP) is 10.3. The zero-order valence-corrected chi connectivity index (χ0v) is 40.6. The molecule has 20 heteroatoms. The largest absolute Gasteiger partial charge is 0.507 e. The minimum Gasteiger partial charge on any atom is -0.507 e. The number of phenols is 2. The summed E-state index contributed by atoms with van der Waals surface area (Å²) in [5, 5.41) is 35.5. The molecule has 5 aromatic rings. The van der Waals surface area contributed by atoms with Crippen LogP contribution >= 0.6 is 15.9 Å². The Morgan fingerprint density at radius 3 is 1.44 bits per heavy atom. The number of carbonyl (C=O) groups excluding carboxylic acids is 3. The average molecular weight is 1030 g/mol. The molecule has 0 radical (unpaired) electrons. The highest BCUT2D eigenvalue weighted by molar-refractivity contribution is 9.09. The molecule has 0 aliphatic rings. The van der Waals surface area contributed by atoms with Gasteiger partial charge in [0.2, 0.25) is 0 Å². The second-order valence-corrected chi connectivity index (χ2v) is 13.6. The van der Waals surface area contributed by atoms with Crippen LogP contribution in [0.5, 0.6) is 17.2 Å². The van der Waals surface area contributed by atoms with Gasteiger partial charge in [-0.3, -0.25) is 0 Å². The van der Waals surface area contributed by atoms with Gasteiger partial charge in [0, 0.05) is 30.5 Å². The van der Waals surface area contributed by atoms with E-state index >= 15 is 0 Å². The lowest BCUT2D eigenvalue weighted by Gasteiger charge is -2.15. The zero-order valence-electron chi connectivity index (χ0n) is 39.0. The van der Waals surface area contributed by atoms with Crippen LogP contribution in [0.2, 0.25) is 0 Å². The lowest BCUT2D eigenvalue weighted by molar-refractivity contribution is 0.0378. The van der Waals surface area contributed by atoms with Crippen LogP contribution in [-0.2, 0) is 23.7 Å². The summed E-state index contributed by atoms with van der Waals surface area (Å²) in [7, 11) is 0. The first-order valence-electron chi connectivity index (χ1n) is 21.0. The van der Waals surface area contributed by atoms with Crippen molar-refractivity contribution in [1.29, 1.82) is 0 Å². The van der Waals surface area contributed by atoms with Gasteiger partial charge in [0.25, 0.3) is 0 Å². The number of hydrogen-bond donors (Lipinski definition) is 4. The highest BCUT2D eigenvalue weighted by Gasteiger charge is 2.21. The third-order valence-electron chi connectivity index (χ3n) is 7.78. The molecule has 4 N–H and O–H groups in total. The van der Waals surface area contributed by atoms with E-state index in [1.165, 1.54) is 48.7 Å². The van der Waals surface area contributed by atoms with Crippen LogP contribution in [0.25, 0.3) is 11.0 Å². The Bertz CT molecular complexity index is 2230. The molecule has 376 valence electrons. The van der Waals surface area contributed by atoms with Gasteiger partial charge in [0.05, 0.1) is 38.3 Å². The number of carbonyl (C=O) groups is 4. The van der Waals surface area contributed by atoms with Gasteiger partial charge in [-0.1, -0.05) is 34.1 Å². The molecule has 0 aliphatic carbocycles. The summed E-state index contributed by atoms with van der Waals surface area (Å²) in [5.74, 6) is -7.53. The molecular weight excluding hydrogens is 972 g/mol. The molecule has 5 rings (SSSR count). The van der Waals surface area contributed by atoms with Crippen LogP contribution in [0.3, 0.4) is 0 Å². The van der Waals surface area contributed by atoms with Crippen molar-refractivity contribution in [3.63, 3.8) is 0 Å². The molecule has 2 atom stereocenters. The van der Waals surface area contributed by atoms with Crippen molar-refractivity contribution in [3.05, 3.63) is 125 Å². The highest BCUT2D eigenvalue weighted by Crippen LogP contribution is 2.25. The van der Waals surface area contributed by atoms with E-state index in [9.17, 15) is 36.7 Å². The molecule has 0 saturated heterocycles. The summed E-state index contributed by atoms with van der Waals surface area (Å²) in [6.45, 7) is 16.8. The summed E-state index contributed by atoms with van der Waals surface area (Å²) in [4.78, 5) is 44.4. The molecule has 15 nitrogen and oxygen atoms in total. The second kappa shape index (κ2) is 35.0. The van der Waals surface area contributed by atoms with Crippen LogP contribution in [0.15, 0.2) is 83.5 Å². The van der Waals surface area contributed by atoms with Crippen molar-refractivity contribution >= 4 is 50.8 Å². The SMILES string of the molecule is CCO.CCOC(=O)c1c(F)ccc2ccoc12.CCOC(=O)c1c(F)cccc1OCC(C)OCC.CCOC(=O)c1c(O)cccc1F.CCOC(C)CBr.O=C(O)c1c(O)cccc1F. The summed E-state index contributed by atoms with van der Waals surface area (Å²) in [6.07, 6.45) is 1.64. The summed E-state index contributed by atoms with van der Waals surface area (Å²) < 4.78 is 87.7.